The summed E-state index contributed by atoms with van der Waals surface area (Å²) < 4.78 is 27.0. The summed E-state index contributed by atoms with van der Waals surface area (Å²) in [6.07, 6.45) is 3.92. The maximum atomic E-state index is 12.3. The van der Waals surface area contributed by atoms with Crippen molar-refractivity contribution >= 4 is 21.9 Å². The van der Waals surface area contributed by atoms with Crippen LogP contribution >= 0.6 is 0 Å². The third-order valence-electron chi connectivity index (χ3n) is 4.02. The summed E-state index contributed by atoms with van der Waals surface area (Å²) in [5.41, 5.74) is 2.26. The number of rotatable bonds is 7. The van der Waals surface area contributed by atoms with E-state index in [-0.39, 0.29) is 17.9 Å². The van der Waals surface area contributed by atoms with Crippen molar-refractivity contribution in [1.82, 2.24) is 10.0 Å². The molecule has 0 saturated carbocycles. The third kappa shape index (κ3) is 4.78. The lowest BCUT2D eigenvalue weighted by molar-refractivity contribution is -0.141. The Balaban J connectivity index is 1.92. The Kier molecular flexibility index (Phi) is 5.95. The summed E-state index contributed by atoms with van der Waals surface area (Å²) in [5.74, 6) is -1.66. The summed E-state index contributed by atoms with van der Waals surface area (Å²) in [6, 6.07) is 4.13. The van der Waals surface area contributed by atoms with Crippen molar-refractivity contribution in [1.29, 1.82) is 0 Å². The molecule has 2 rings (SSSR count). The summed E-state index contributed by atoms with van der Waals surface area (Å²) in [4.78, 5) is 22.4. The van der Waals surface area contributed by atoms with Gasteiger partial charge in [0.15, 0.2) is 0 Å². The van der Waals surface area contributed by atoms with Crippen LogP contribution < -0.4 is 10.0 Å². The molecule has 0 fully saturated rings. The molecule has 0 spiro atoms. The van der Waals surface area contributed by atoms with Crippen molar-refractivity contribution < 1.29 is 23.1 Å². The van der Waals surface area contributed by atoms with E-state index in [0.717, 1.165) is 31.2 Å². The first-order chi connectivity index (χ1) is 11.3. The van der Waals surface area contributed by atoms with Crippen LogP contribution in [0.5, 0.6) is 0 Å². The number of carboxylic acid groups (broad SMARTS) is 1. The number of aryl methyl sites for hydroxylation is 2. The summed E-state index contributed by atoms with van der Waals surface area (Å²) >= 11 is 0. The molecule has 0 saturated heterocycles. The third-order valence-corrected chi connectivity index (χ3v) is 5.48. The van der Waals surface area contributed by atoms with Crippen LogP contribution in [0.25, 0.3) is 0 Å². The van der Waals surface area contributed by atoms with Crippen molar-refractivity contribution in [2.45, 2.75) is 50.0 Å². The van der Waals surface area contributed by atoms with Crippen LogP contribution in [-0.4, -0.2) is 38.0 Å². The van der Waals surface area contributed by atoms with Crippen LogP contribution in [0.2, 0.25) is 0 Å². The van der Waals surface area contributed by atoms with E-state index in [2.05, 4.69) is 10.0 Å². The largest absolute Gasteiger partial charge is 0.480 e. The molecule has 0 bridgehead atoms. The summed E-state index contributed by atoms with van der Waals surface area (Å²) in [7, 11) is -3.68. The number of hydrogen-bond donors (Lipinski definition) is 3. The molecule has 7 nitrogen and oxygen atoms in total. The van der Waals surface area contributed by atoms with Gasteiger partial charge in [0.25, 0.3) is 0 Å². The van der Waals surface area contributed by atoms with Crippen molar-refractivity contribution in [2.24, 2.45) is 0 Å². The molecule has 0 radical (unpaired) electrons. The SMILES string of the molecule is C[C@@H](NC(=O)CCNS(=O)(=O)c1ccc2c(c1)CCCC2)C(=O)O. The molecular weight excluding hydrogens is 332 g/mol. The predicted molar refractivity (Wildman–Crippen MR) is 88.1 cm³/mol. The van der Waals surface area contributed by atoms with Gasteiger partial charge < -0.3 is 10.4 Å². The highest BCUT2D eigenvalue weighted by molar-refractivity contribution is 7.89. The van der Waals surface area contributed by atoms with Crippen LogP contribution in [-0.2, 0) is 32.5 Å². The number of benzene rings is 1. The van der Waals surface area contributed by atoms with E-state index in [0.29, 0.717) is 0 Å². The van der Waals surface area contributed by atoms with Crippen LogP contribution in [0.15, 0.2) is 23.1 Å². The molecule has 0 aliphatic heterocycles. The molecule has 0 unspecified atom stereocenters. The average Bonchev–Trinajstić information content (AvgIpc) is 2.54. The second-order valence-corrected chi connectivity index (χ2v) is 7.68. The second kappa shape index (κ2) is 7.76. The molecule has 1 aromatic carbocycles. The minimum atomic E-state index is -3.68. The number of amides is 1. The van der Waals surface area contributed by atoms with Crippen molar-refractivity contribution in [2.75, 3.05) is 6.54 Å². The number of hydrogen-bond acceptors (Lipinski definition) is 4. The summed E-state index contributed by atoms with van der Waals surface area (Å²) in [6.45, 7) is 1.26. The van der Waals surface area contributed by atoms with Gasteiger partial charge >= 0.3 is 5.97 Å². The second-order valence-electron chi connectivity index (χ2n) is 5.91. The monoisotopic (exact) mass is 354 g/mol. The molecule has 8 heteroatoms. The normalized spacial score (nSPS) is 15.4. The Morgan fingerprint density at radius 1 is 1.21 bits per heavy atom. The quantitative estimate of drug-likeness (QED) is 0.671. The zero-order valence-corrected chi connectivity index (χ0v) is 14.4. The number of aliphatic carboxylic acids is 1. The van der Waals surface area contributed by atoms with Gasteiger partial charge in [-0.05, 0) is 55.9 Å². The molecule has 1 aliphatic rings. The van der Waals surface area contributed by atoms with Gasteiger partial charge in [0, 0.05) is 13.0 Å². The molecular formula is C16H22N2O5S. The zero-order chi connectivity index (χ0) is 17.7. The van der Waals surface area contributed by atoms with Gasteiger partial charge in [-0.15, -0.1) is 0 Å². The average molecular weight is 354 g/mol. The van der Waals surface area contributed by atoms with Crippen LogP contribution in [0.3, 0.4) is 0 Å². The maximum absolute atomic E-state index is 12.3. The van der Waals surface area contributed by atoms with E-state index >= 15 is 0 Å². The number of carbonyl (C=O) groups is 2. The van der Waals surface area contributed by atoms with E-state index in [1.807, 2.05) is 6.07 Å². The lowest BCUT2D eigenvalue weighted by Crippen LogP contribution is -2.39. The fraction of sp³-hybridized carbons (Fsp3) is 0.500. The number of carbonyl (C=O) groups excluding carboxylic acids is 1. The highest BCUT2D eigenvalue weighted by Crippen LogP contribution is 2.23. The Bertz CT molecular complexity index is 730. The molecule has 1 atom stereocenters. The number of fused-ring (bicyclic) bond motifs is 1. The van der Waals surface area contributed by atoms with Crippen molar-refractivity contribution in [3.05, 3.63) is 29.3 Å². The minimum absolute atomic E-state index is 0.0857. The predicted octanol–water partition coefficient (Wildman–Crippen LogP) is 0.823. The van der Waals surface area contributed by atoms with Gasteiger partial charge in [-0.25, -0.2) is 13.1 Å². The van der Waals surface area contributed by atoms with E-state index in [9.17, 15) is 18.0 Å². The fourth-order valence-electron chi connectivity index (χ4n) is 2.63. The van der Waals surface area contributed by atoms with Crippen LogP contribution in [0, 0.1) is 0 Å². The van der Waals surface area contributed by atoms with Gasteiger partial charge in [0.2, 0.25) is 15.9 Å². The number of carboxylic acids is 1. The first kappa shape index (κ1) is 18.4. The van der Waals surface area contributed by atoms with E-state index in [1.165, 1.54) is 12.5 Å². The molecule has 0 heterocycles. The Labute approximate surface area is 141 Å². The van der Waals surface area contributed by atoms with Gasteiger partial charge in [0.05, 0.1) is 4.90 Å². The Morgan fingerprint density at radius 3 is 2.54 bits per heavy atom. The van der Waals surface area contributed by atoms with Gasteiger partial charge in [-0.2, -0.15) is 0 Å². The zero-order valence-electron chi connectivity index (χ0n) is 13.5. The molecule has 24 heavy (non-hydrogen) atoms. The van der Waals surface area contributed by atoms with Gasteiger partial charge in [-0.3, -0.25) is 9.59 Å². The van der Waals surface area contributed by atoms with Gasteiger partial charge in [0.1, 0.15) is 6.04 Å². The molecule has 1 aliphatic carbocycles. The van der Waals surface area contributed by atoms with Crippen LogP contribution in [0.1, 0.15) is 37.3 Å². The number of nitrogens with one attached hydrogen (secondary N) is 2. The fourth-order valence-corrected chi connectivity index (χ4v) is 3.72. The Morgan fingerprint density at radius 2 is 1.88 bits per heavy atom. The smallest absolute Gasteiger partial charge is 0.325 e. The summed E-state index contributed by atoms with van der Waals surface area (Å²) in [5, 5.41) is 11.0. The van der Waals surface area contributed by atoms with E-state index in [4.69, 9.17) is 5.11 Å². The molecule has 1 amide bonds. The van der Waals surface area contributed by atoms with Crippen LogP contribution in [0.4, 0.5) is 0 Å². The maximum Gasteiger partial charge on any atom is 0.325 e. The highest BCUT2D eigenvalue weighted by Gasteiger charge is 2.18. The number of sulfonamides is 1. The minimum Gasteiger partial charge on any atom is -0.480 e. The van der Waals surface area contributed by atoms with Crippen molar-refractivity contribution in [3.8, 4) is 0 Å². The van der Waals surface area contributed by atoms with Gasteiger partial charge in [-0.1, -0.05) is 6.07 Å². The Hall–Kier alpha value is -1.93. The topological polar surface area (TPSA) is 113 Å². The van der Waals surface area contributed by atoms with E-state index < -0.39 is 27.9 Å². The standard InChI is InChI=1S/C16H22N2O5S/c1-11(16(20)21)18-15(19)8-9-17-24(22,23)14-7-6-12-4-2-3-5-13(12)10-14/h6-7,10-11,17H,2-5,8-9H2,1H3,(H,18,19)(H,20,21)/t11-/m1/s1. The first-order valence-electron chi connectivity index (χ1n) is 7.93. The molecule has 0 aromatic heterocycles. The molecule has 132 valence electrons. The lowest BCUT2D eigenvalue weighted by Gasteiger charge is -2.16. The van der Waals surface area contributed by atoms with E-state index in [1.54, 1.807) is 12.1 Å². The molecule has 1 aromatic rings. The first-order valence-corrected chi connectivity index (χ1v) is 9.41. The molecule has 3 N–H and O–H groups in total. The highest BCUT2D eigenvalue weighted by atomic mass is 32.2. The lowest BCUT2D eigenvalue weighted by atomic mass is 9.92. The van der Waals surface area contributed by atoms with Crippen molar-refractivity contribution in [3.63, 3.8) is 0 Å².